The molecule has 0 aliphatic heterocycles. The Balaban J connectivity index is 0.000000328. The van der Waals surface area contributed by atoms with E-state index in [4.69, 9.17) is 4.74 Å². The fourth-order valence-corrected chi connectivity index (χ4v) is 5.07. The van der Waals surface area contributed by atoms with Gasteiger partial charge in [-0.1, -0.05) is 43.0 Å². The number of nitrogens with one attached hydrogen (secondary N) is 2. The molecule has 0 saturated heterocycles. The summed E-state index contributed by atoms with van der Waals surface area (Å²) in [4.78, 5) is 52.7. The lowest BCUT2D eigenvalue weighted by Crippen LogP contribution is -2.30. The van der Waals surface area contributed by atoms with Crippen LogP contribution >= 0.6 is 11.8 Å². The van der Waals surface area contributed by atoms with Crippen LogP contribution < -0.4 is 20.8 Å². The molecule has 0 atom stereocenters. The van der Waals surface area contributed by atoms with Gasteiger partial charge in [-0.05, 0) is 50.7 Å². The summed E-state index contributed by atoms with van der Waals surface area (Å²) in [6, 6.07) is 16.6. The lowest BCUT2D eigenvalue weighted by molar-refractivity contribution is -0.342. The number of pyridine rings is 2. The van der Waals surface area contributed by atoms with Gasteiger partial charge >= 0.3 is 12.3 Å². The molecule has 2 aromatic carbocycles. The Bertz CT molecular complexity index is 1770. The van der Waals surface area contributed by atoms with Gasteiger partial charge in [-0.25, -0.2) is 0 Å². The number of hydrogen-bond acceptors (Lipinski definition) is 10. The molecule has 11 nitrogen and oxygen atoms in total. The van der Waals surface area contributed by atoms with Gasteiger partial charge in [0.1, 0.15) is 17.3 Å². The number of methoxy groups -OCH3 is 1. The quantitative estimate of drug-likeness (QED) is 0.0733. The van der Waals surface area contributed by atoms with E-state index in [1.165, 1.54) is 36.2 Å². The van der Waals surface area contributed by atoms with Crippen molar-refractivity contribution in [2.45, 2.75) is 51.0 Å². The van der Waals surface area contributed by atoms with Crippen molar-refractivity contribution < 1.29 is 37.4 Å². The van der Waals surface area contributed by atoms with E-state index in [9.17, 15) is 28.0 Å². The molecule has 0 saturated carbocycles. The van der Waals surface area contributed by atoms with Crippen LogP contribution in [0, 0.1) is 6.92 Å². The van der Waals surface area contributed by atoms with Crippen LogP contribution in [0.1, 0.15) is 51.9 Å². The number of carbonyl (C=O) groups excluding carboxylic acids is 3. The van der Waals surface area contributed by atoms with Gasteiger partial charge in [0.25, 0.3) is 5.91 Å². The first-order valence-electron chi connectivity index (χ1n) is 15.0. The molecule has 0 aliphatic carbocycles. The number of rotatable bonds is 15. The molecule has 0 unspecified atom stereocenters. The molecule has 2 aromatic heterocycles. The van der Waals surface area contributed by atoms with E-state index in [2.05, 4.69) is 25.1 Å². The van der Waals surface area contributed by atoms with Crippen molar-refractivity contribution in [2.75, 3.05) is 26.6 Å². The van der Waals surface area contributed by atoms with E-state index >= 15 is 0 Å². The number of thioether (sulfide) groups is 1. The van der Waals surface area contributed by atoms with E-state index in [1.807, 2.05) is 38.1 Å². The summed E-state index contributed by atoms with van der Waals surface area (Å²) in [5.74, 6) is -0.670. The molecule has 0 spiro atoms. The maximum Gasteiger partial charge on any atom is 0.535 e. The maximum absolute atomic E-state index is 13.5. The highest BCUT2D eigenvalue weighted by atomic mass is 32.2. The Kier molecular flexibility index (Phi) is 14.7. The second-order valence-electron chi connectivity index (χ2n) is 10.3. The molecule has 256 valence electrons. The van der Waals surface area contributed by atoms with Crippen molar-refractivity contribution in [3.8, 4) is 5.75 Å². The Hall–Kier alpha value is -4.66. The summed E-state index contributed by atoms with van der Waals surface area (Å²) in [6.45, 7) is 4.84. The second-order valence-corrected chi connectivity index (χ2v) is 11.2. The Morgan fingerprint density at radius 1 is 1.10 bits per heavy atom. The van der Waals surface area contributed by atoms with Gasteiger partial charge in [0.05, 0.1) is 17.8 Å². The fourth-order valence-electron chi connectivity index (χ4n) is 4.30. The number of alkyl halides is 2. The highest BCUT2D eigenvalue weighted by Crippen LogP contribution is 2.26. The zero-order valence-electron chi connectivity index (χ0n) is 27.1. The predicted molar refractivity (Wildman–Crippen MR) is 178 cm³/mol. The lowest BCUT2D eigenvalue weighted by atomic mass is 10.1. The van der Waals surface area contributed by atoms with Crippen molar-refractivity contribution in [3.05, 3.63) is 99.6 Å². The Morgan fingerprint density at radius 3 is 2.56 bits per heavy atom. The Morgan fingerprint density at radius 2 is 1.88 bits per heavy atom. The normalized spacial score (nSPS) is 11.0. The van der Waals surface area contributed by atoms with Gasteiger partial charge in [-0.2, -0.15) is 0 Å². The molecule has 1 amide bonds. The topological polar surface area (TPSA) is 138 Å². The van der Waals surface area contributed by atoms with E-state index in [0.29, 0.717) is 36.3 Å². The predicted octanol–water partition coefficient (Wildman–Crippen LogP) is 5.32. The molecule has 14 heteroatoms. The first-order chi connectivity index (χ1) is 23.0. The zero-order valence-corrected chi connectivity index (χ0v) is 27.9. The molecule has 2 heterocycles. The van der Waals surface area contributed by atoms with Crippen LogP contribution in [0.25, 0.3) is 10.9 Å². The molecule has 0 aliphatic rings. The van der Waals surface area contributed by atoms with E-state index in [0.717, 1.165) is 30.4 Å². The number of halogens is 2. The largest absolute Gasteiger partial charge is 0.535 e. The van der Waals surface area contributed by atoms with Crippen LogP contribution in [0.5, 0.6) is 5.75 Å². The average Bonchev–Trinajstić information content (AvgIpc) is 3.07. The number of ether oxygens (including phenoxy) is 3. The highest BCUT2D eigenvalue weighted by molar-refractivity contribution is 7.99. The number of likely N-dealkylation sites (N-methyl/N-ethyl adjacent to an activating group) is 1. The van der Waals surface area contributed by atoms with Gasteiger partial charge in [0.15, 0.2) is 6.29 Å². The number of aromatic nitrogens is 2. The molecular weight excluding hydrogens is 646 g/mol. The minimum Gasteiger partial charge on any atom is -0.454 e. The van der Waals surface area contributed by atoms with Gasteiger partial charge < -0.3 is 24.7 Å². The lowest BCUT2D eigenvalue weighted by Gasteiger charge is -2.17. The summed E-state index contributed by atoms with van der Waals surface area (Å²) in [5.41, 5.74) is 1.88. The number of amides is 1. The fraction of sp³-hybridized carbons (Fsp3) is 0.324. The third kappa shape index (κ3) is 11.2. The summed E-state index contributed by atoms with van der Waals surface area (Å²) >= 11 is 1.35. The first-order valence-corrected chi connectivity index (χ1v) is 16.0. The molecular formula is C34H38F2N4O7S. The van der Waals surface area contributed by atoms with Gasteiger partial charge in [-0.3, -0.25) is 28.9 Å². The minimum absolute atomic E-state index is 0.0582. The van der Waals surface area contributed by atoms with Crippen LogP contribution in [0.2, 0.25) is 0 Å². The van der Waals surface area contributed by atoms with Crippen molar-refractivity contribution in [2.24, 2.45) is 0 Å². The summed E-state index contributed by atoms with van der Waals surface area (Å²) < 4.78 is 42.1. The molecule has 0 bridgehead atoms. The molecule has 0 fully saturated rings. The number of esters is 1. The number of nitrogens with zero attached hydrogens (tertiary/aromatic N) is 2. The molecule has 0 radical (unpaired) electrons. The number of hydrogen-bond donors (Lipinski definition) is 2. The number of aldehydes is 1. The van der Waals surface area contributed by atoms with Crippen LogP contribution in [-0.2, 0) is 27.4 Å². The van der Waals surface area contributed by atoms with Crippen LogP contribution in [-0.4, -0.2) is 60.6 Å². The summed E-state index contributed by atoms with van der Waals surface area (Å²) in [6.07, 6.45) is -0.368. The van der Waals surface area contributed by atoms with Gasteiger partial charge in [0.2, 0.25) is 5.43 Å². The van der Waals surface area contributed by atoms with Crippen LogP contribution in [0.4, 0.5) is 8.78 Å². The van der Waals surface area contributed by atoms with Crippen molar-refractivity contribution in [3.63, 3.8) is 0 Å². The standard InChI is InChI=1S/C22H24F2N4O4.C12H14O3S/c1-14-5-4-6-15(27-14)12-26-21(30)18-13-28(10-9-25-2)19-11-16(32-22(23,24)31-3)7-8-17(19)20(18)29;1-2-5-12(14)15-9-16-11-7-4-3-6-10(11)8-13/h4-8,11,13,25H,9-10,12H2,1-3H3,(H,26,30);3-4,6-8H,2,5,9H2,1H3. The third-order valence-corrected chi connectivity index (χ3v) is 7.60. The van der Waals surface area contributed by atoms with Crippen LogP contribution in [0.15, 0.2) is 76.6 Å². The van der Waals surface area contributed by atoms with Crippen molar-refractivity contribution >= 4 is 40.8 Å². The summed E-state index contributed by atoms with van der Waals surface area (Å²) in [5, 5.41) is 5.89. The van der Waals surface area contributed by atoms with E-state index in [-0.39, 0.29) is 35.2 Å². The maximum atomic E-state index is 13.5. The third-order valence-electron chi connectivity index (χ3n) is 6.68. The molecule has 48 heavy (non-hydrogen) atoms. The van der Waals surface area contributed by atoms with Crippen LogP contribution in [0.3, 0.4) is 0 Å². The van der Waals surface area contributed by atoms with E-state index < -0.39 is 17.6 Å². The Labute approximate surface area is 281 Å². The number of aryl methyl sites for hydroxylation is 1. The average molecular weight is 685 g/mol. The van der Waals surface area contributed by atoms with E-state index in [1.54, 1.807) is 29.8 Å². The highest BCUT2D eigenvalue weighted by Gasteiger charge is 2.32. The number of fused-ring (bicyclic) bond motifs is 1. The zero-order chi connectivity index (χ0) is 35.1. The first kappa shape index (κ1) is 37.8. The van der Waals surface area contributed by atoms with Crippen molar-refractivity contribution in [1.82, 2.24) is 20.2 Å². The molecule has 4 aromatic rings. The molecule has 2 N–H and O–H groups in total. The number of carbonyl (C=O) groups is 3. The minimum atomic E-state index is -3.81. The SMILES string of the molecule is CCCC(=O)OCSc1ccccc1C=O.CNCCn1cc(C(=O)NCc2cccc(C)n2)c(=O)c2ccc(OC(F)(F)OC)cc21. The second kappa shape index (κ2) is 18.6. The smallest absolute Gasteiger partial charge is 0.454 e. The van der Waals surface area contributed by atoms with Gasteiger partial charge in [-0.15, -0.1) is 8.78 Å². The molecule has 4 rings (SSSR count). The monoisotopic (exact) mass is 684 g/mol. The van der Waals surface area contributed by atoms with Crippen molar-refractivity contribution in [1.29, 1.82) is 0 Å². The van der Waals surface area contributed by atoms with Gasteiger partial charge in [0, 0.05) is 60.4 Å². The summed E-state index contributed by atoms with van der Waals surface area (Å²) in [7, 11) is 2.57. The number of benzene rings is 2.